The molecule has 0 saturated carbocycles. The average Bonchev–Trinajstić information content (AvgIpc) is 3.09. The molecule has 0 aromatic rings. The number of nitrogens with one attached hydrogen (secondary N) is 1. The van der Waals surface area contributed by atoms with Crippen molar-refractivity contribution in [1.29, 1.82) is 0 Å². The number of unbranched alkanes of at least 4 members (excludes halogenated alkanes) is 13. The van der Waals surface area contributed by atoms with Gasteiger partial charge in [0.15, 0.2) is 0 Å². The molecule has 0 radical (unpaired) electrons. The van der Waals surface area contributed by atoms with E-state index in [1.54, 1.807) is 0 Å². The van der Waals surface area contributed by atoms with Gasteiger partial charge in [-0.25, -0.2) is 0 Å². The van der Waals surface area contributed by atoms with E-state index in [1.165, 1.54) is 95.7 Å². The first kappa shape index (κ1) is 25.5. The Balaban J connectivity index is 1.97. The fourth-order valence-corrected chi connectivity index (χ4v) is 4.69. The average molecular weight is 389 g/mol. The molecule has 0 saturated heterocycles. The van der Waals surface area contributed by atoms with Crippen molar-refractivity contribution < 1.29 is 5.11 Å². The Morgan fingerprint density at radius 1 is 0.889 bits per heavy atom. The molecule has 3 nitrogen and oxygen atoms in total. The fraction of sp³-hybridized carbons (Fsp3) is 0.957. The summed E-state index contributed by atoms with van der Waals surface area (Å²) in [5.41, 5.74) is 0.0606. The van der Waals surface area contributed by atoms with Crippen LogP contribution >= 0.6 is 0 Å². The second-order valence-corrected chi connectivity index (χ2v) is 10.5. The van der Waals surface area contributed by atoms with E-state index in [4.69, 9.17) is 4.99 Å². The molecule has 0 spiro atoms. The van der Waals surface area contributed by atoms with Gasteiger partial charge in [0.2, 0.25) is 0 Å². The first-order valence-corrected chi connectivity index (χ1v) is 13.2. The van der Waals surface area contributed by atoms with Crippen molar-refractivity contribution in [2.45, 2.75) is 120 Å². The summed E-state index contributed by atoms with van der Waals surface area (Å²) in [6, 6.07) is 0. The monoisotopic (exact) mass is 388 g/mol. The molecule has 0 bridgehead atoms. The van der Waals surface area contributed by atoms with Gasteiger partial charge in [-0.05, 0) is 0 Å². The van der Waals surface area contributed by atoms with Gasteiger partial charge >= 0.3 is 136 Å². The van der Waals surface area contributed by atoms with Crippen LogP contribution in [0.2, 0.25) is 0 Å². The SMILES string of the molecule is CCCCCCCCCCCCCCCCC(C)(CCO)C1=NC[CH]([Na])N1. The van der Waals surface area contributed by atoms with E-state index in [-0.39, 0.29) is 12.0 Å². The number of nitrogens with zero attached hydrogens (tertiary/aromatic N) is 1. The molecular weight excluding hydrogens is 343 g/mol. The minimum atomic E-state index is 0.0606. The van der Waals surface area contributed by atoms with Gasteiger partial charge in [-0.1, -0.05) is 51.9 Å². The van der Waals surface area contributed by atoms with Crippen LogP contribution < -0.4 is 5.32 Å². The third-order valence-electron chi connectivity index (χ3n) is 6.22. The molecule has 0 amide bonds. The van der Waals surface area contributed by atoms with E-state index >= 15 is 0 Å². The van der Waals surface area contributed by atoms with Crippen molar-refractivity contribution in [2.24, 2.45) is 10.4 Å². The van der Waals surface area contributed by atoms with E-state index < -0.39 is 0 Å². The Kier molecular flexibility index (Phi) is 15.3. The molecule has 0 aromatic heterocycles. The second kappa shape index (κ2) is 16.3. The van der Waals surface area contributed by atoms with Gasteiger partial charge in [-0.2, -0.15) is 0 Å². The Labute approximate surface area is 187 Å². The van der Waals surface area contributed by atoms with E-state index in [0.29, 0.717) is 3.29 Å². The first-order valence-electron chi connectivity index (χ1n) is 12.0. The quantitative estimate of drug-likeness (QED) is 0.232. The molecule has 27 heavy (non-hydrogen) atoms. The zero-order valence-corrected chi connectivity index (χ0v) is 20.7. The van der Waals surface area contributed by atoms with Crippen molar-refractivity contribution in [3.63, 3.8) is 0 Å². The van der Waals surface area contributed by atoms with Crippen LogP contribution in [0.3, 0.4) is 0 Å². The predicted molar refractivity (Wildman–Crippen MR) is 120 cm³/mol. The van der Waals surface area contributed by atoms with Gasteiger partial charge in [-0.15, -0.1) is 0 Å². The number of hydrogen-bond donors (Lipinski definition) is 2. The van der Waals surface area contributed by atoms with Crippen molar-refractivity contribution in [3.8, 4) is 0 Å². The minimum absolute atomic E-state index is 0.0606. The molecule has 4 heteroatoms. The van der Waals surface area contributed by atoms with Crippen LogP contribution in [0.15, 0.2) is 4.99 Å². The van der Waals surface area contributed by atoms with Crippen LogP contribution in [0, 0.1) is 5.41 Å². The number of rotatable bonds is 18. The fourth-order valence-electron chi connectivity index (χ4n) is 4.24. The summed E-state index contributed by atoms with van der Waals surface area (Å²) in [6.45, 7) is 5.79. The third-order valence-corrected chi connectivity index (χ3v) is 6.88. The van der Waals surface area contributed by atoms with Crippen molar-refractivity contribution in [3.05, 3.63) is 0 Å². The number of aliphatic hydroxyl groups excluding tert-OH is 1. The van der Waals surface area contributed by atoms with Crippen molar-refractivity contribution in [1.82, 2.24) is 5.32 Å². The Bertz CT molecular complexity index is 389. The molecular formula is C23H45N2NaO. The van der Waals surface area contributed by atoms with Crippen LogP contribution in [0.5, 0.6) is 0 Å². The summed E-state index contributed by atoms with van der Waals surface area (Å²) in [5, 5.41) is 13.0. The maximum absolute atomic E-state index is 9.47. The predicted octanol–water partition coefficient (Wildman–Crippen LogP) is 5.74. The van der Waals surface area contributed by atoms with E-state index in [1.807, 2.05) is 0 Å². The topological polar surface area (TPSA) is 44.6 Å². The molecule has 2 N–H and O–H groups in total. The first-order chi connectivity index (χ1) is 13.1. The number of aliphatic hydroxyl groups is 1. The Morgan fingerprint density at radius 3 is 1.78 bits per heavy atom. The van der Waals surface area contributed by atoms with Gasteiger partial charge < -0.3 is 0 Å². The third kappa shape index (κ3) is 11.9. The van der Waals surface area contributed by atoms with Crippen LogP contribution in [-0.4, -0.2) is 55.3 Å². The molecule has 1 heterocycles. The Hall–Kier alpha value is 0.430. The van der Waals surface area contributed by atoms with Gasteiger partial charge in [0, 0.05) is 0 Å². The molecule has 1 aliphatic heterocycles. The molecule has 2 atom stereocenters. The van der Waals surface area contributed by atoms with Crippen LogP contribution in [0.4, 0.5) is 0 Å². The van der Waals surface area contributed by atoms with E-state index in [0.717, 1.165) is 47.3 Å². The molecule has 0 fully saturated rings. The number of hydrogen-bond acceptors (Lipinski definition) is 3. The van der Waals surface area contributed by atoms with Crippen LogP contribution in [0.1, 0.15) is 117 Å². The van der Waals surface area contributed by atoms with Crippen molar-refractivity contribution in [2.75, 3.05) is 13.2 Å². The molecule has 1 rings (SSSR count). The van der Waals surface area contributed by atoms with E-state index in [2.05, 4.69) is 19.2 Å². The zero-order chi connectivity index (χ0) is 19.8. The van der Waals surface area contributed by atoms with Gasteiger partial charge in [-0.3, -0.25) is 0 Å². The van der Waals surface area contributed by atoms with Crippen LogP contribution in [-0.2, 0) is 0 Å². The molecule has 0 aliphatic carbocycles. The second-order valence-electron chi connectivity index (χ2n) is 9.12. The number of aliphatic imine (C=N–C) groups is 1. The standard InChI is InChI=1S/C23H45N2O.Na/c1-3-4-5-6-7-8-9-10-11-12-13-14-15-16-17-23(2,18-21-26)22-24-19-20-25-22;/h19,26H,3-18,20-21H2,1-2H3,(H,24,25);. The summed E-state index contributed by atoms with van der Waals surface area (Å²) in [7, 11) is 0. The summed E-state index contributed by atoms with van der Waals surface area (Å²) in [5.74, 6) is 1.17. The zero-order valence-electron chi connectivity index (χ0n) is 18.7. The van der Waals surface area contributed by atoms with E-state index in [9.17, 15) is 5.11 Å². The Morgan fingerprint density at radius 2 is 1.37 bits per heavy atom. The van der Waals surface area contributed by atoms with Crippen LogP contribution in [0.25, 0.3) is 0 Å². The molecule has 1 aliphatic rings. The summed E-state index contributed by atoms with van der Waals surface area (Å²) < 4.78 is 0.592. The molecule has 0 aromatic carbocycles. The summed E-state index contributed by atoms with van der Waals surface area (Å²) in [6.07, 6.45) is 21.7. The van der Waals surface area contributed by atoms with Gasteiger partial charge in [0.25, 0.3) is 0 Å². The van der Waals surface area contributed by atoms with Gasteiger partial charge in [0.05, 0.1) is 0 Å². The van der Waals surface area contributed by atoms with Crippen molar-refractivity contribution >= 4 is 33.8 Å². The normalized spacial score (nSPS) is 19.0. The maximum atomic E-state index is 9.47. The summed E-state index contributed by atoms with van der Waals surface area (Å²) in [4.78, 5) is 4.72. The molecule has 154 valence electrons. The summed E-state index contributed by atoms with van der Waals surface area (Å²) >= 11 is 1.15. The van der Waals surface area contributed by atoms with Gasteiger partial charge in [0.1, 0.15) is 0 Å². The molecule has 2 unspecified atom stereocenters. The number of amidine groups is 1.